The third-order valence-corrected chi connectivity index (χ3v) is 4.59. The van der Waals surface area contributed by atoms with Crippen molar-refractivity contribution in [1.29, 1.82) is 0 Å². The lowest BCUT2D eigenvalue weighted by atomic mass is 9.80. The highest BCUT2D eigenvalue weighted by Gasteiger charge is 2.23. The van der Waals surface area contributed by atoms with E-state index in [1.165, 1.54) is 35.6 Å². The molecule has 1 heteroatoms. The first-order valence-electron chi connectivity index (χ1n) is 7.92. The molecule has 1 nitrogen and oxygen atoms in total. The normalized spacial score (nSPS) is 26.8. The molecule has 0 aliphatic heterocycles. The predicted molar refractivity (Wildman–Crippen MR) is 86.8 cm³/mol. The summed E-state index contributed by atoms with van der Waals surface area (Å²) in [5.41, 5.74) is 1.40. The molecule has 0 aromatic heterocycles. The smallest absolute Gasteiger partial charge is 0.0208 e. The molecule has 106 valence electrons. The molecule has 0 spiro atoms. The molecule has 0 saturated heterocycles. The van der Waals surface area contributed by atoms with Crippen molar-refractivity contribution in [3.63, 3.8) is 0 Å². The van der Waals surface area contributed by atoms with Crippen LogP contribution in [0, 0.1) is 11.8 Å². The summed E-state index contributed by atoms with van der Waals surface area (Å²) in [6, 6.07) is 16.1. The molecule has 2 aromatic rings. The van der Waals surface area contributed by atoms with E-state index >= 15 is 0 Å². The van der Waals surface area contributed by atoms with Crippen LogP contribution in [0.15, 0.2) is 42.5 Å². The average Bonchev–Trinajstić information content (AvgIpc) is 2.44. The molecule has 0 bridgehead atoms. The van der Waals surface area contributed by atoms with E-state index in [4.69, 9.17) is 0 Å². The molecule has 0 amide bonds. The number of hydrogen-bond donors (Lipinski definition) is 1. The predicted octanol–water partition coefficient (Wildman–Crippen LogP) is 4.75. The van der Waals surface area contributed by atoms with Crippen molar-refractivity contribution in [2.75, 3.05) is 0 Å². The van der Waals surface area contributed by atoms with Crippen LogP contribution < -0.4 is 5.32 Å². The maximum absolute atomic E-state index is 3.76. The van der Waals surface area contributed by atoms with Gasteiger partial charge in [0.05, 0.1) is 0 Å². The fourth-order valence-electron chi connectivity index (χ4n) is 3.72. The lowest BCUT2D eigenvalue weighted by Gasteiger charge is -2.32. The van der Waals surface area contributed by atoms with Gasteiger partial charge < -0.3 is 5.32 Å². The molecular weight excluding hydrogens is 242 g/mol. The van der Waals surface area contributed by atoms with Gasteiger partial charge in [-0.05, 0) is 53.5 Å². The van der Waals surface area contributed by atoms with Crippen molar-refractivity contribution >= 4 is 10.8 Å². The van der Waals surface area contributed by atoms with Crippen LogP contribution in [0.25, 0.3) is 10.8 Å². The summed E-state index contributed by atoms with van der Waals surface area (Å²) in [6.45, 7) is 5.77. The second-order valence-corrected chi connectivity index (χ2v) is 6.68. The standard InChI is InChI=1S/C19H25N/c1-14-9-15(2)11-19(10-14)20-13-16-7-8-17-5-3-4-6-18(17)12-16/h3-8,12,14-15,19-20H,9-11,13H2,1-2H3. The van der Waals surface area contributed by atoms with Crippen LogP contribution in [0.2, 0.25) is 0 Å². The van der Waals surface area contributed by atoms with Gasteiger partial charge in [-0.1, -0.05) is 50.2 Å². The highest BCUT2D eigenvalue weighted by molar-refractivity contribution is 5.82. The first-order chi connectivity index (χ1) is 9.70. The number of fused-ring (bicyclic) bond motifs is 1. The zero-order valence-electron chi connectivity index (χ0n) is 12.6. The van der Waals surface area contributed by atoms with E-state index in [9.17, 15) is 0 Å². The van der Waals surface area contributed by atoms with E-state index < -0.39 is 0 Å². The minimum atomic E-state index is 0.695. The van der Waals surface area contributed by atoms with Crippen molar-refractivity contribution in [3.8, 4) is 0 Å². The topological polar surface area (TPSA) is 12.0 Å². The van der Waals surface area contributed by atoms with Gasteiger partial charge in [0.1, 0.15) is 0 Å². The van der Waals surface area contributed by atoms with Crippen LogP contribution in [0.1, 0.15) is 38.7 Å². The minimum Gasteiger partial charge on any atom is -0.310 e. The van der Waals surface area contributed by atoms with Crippen LogP contribution >= 0.6 is 0 Å². The molecule has 1 aliphatic carbocycles. The van der Waals surface area contributed by atoms with Gasteiger partial charge in [0, 0.05) is 12.6 Å². The Balaban J connectivity index is 1.64. The molecule has 1 saturated carbocycles. The van der Waals surface area contributed by atoms with Gasteiger partial charge in [0.2, 0.25) is 0 Å². The molecule has 1 fully saturated rings. The SMILES string of the molecule is CC1CC(C)CC(NCc2ccc3ccccc3c2)C1. The Morgan fingerprint density at radius 3 is 2.35 bits per heavy atom. The van der Waals surface area contributed by atoms with E-state index in [-0.39, 0.29) is 0 Å². The molecule has 1 N–H and O–H groups in total. The van der Waals surface area contributed by atoms with Crippen LogP contribution in [0.5, 0.6) is 0 Å². The summed E-state index contributed by atoms with van der Waals surface area (Å²) in [7, 11) is 0. The van der Waals surface area contributed by atoms with Crippen LogP contribution in [-0.4, -0.2) is 6.04 Å². The summed E-state index contributed by atoms with van der Waals surface area (Å²) in [6.07, 6.45) is 4.06. The van der Waals surface area contributed by atoms with Gasteiger partial charge in [-0.2, -0.15) is 0 Å². The summed E-state index contributed by atoms with van der Waals surface area (Å²) in [5.74, 6) is 1.74. The number of benzene rings is 2. The fraction of sp³-hybridized carbons (Fsp3) is 0.474. The number of nitrogens with one attached hydrogen (secondary N) is 1. The molecule has 2 atom stereocenters. The molecule has 0 radical (unpaired) electrons. The van der Waals surface area contributed by atoms with Crippen LogP contribution in [-0.2, 0) is 6.54 Å². The second-order valence-electron chi connectivity index (χ2n) is 6.68. The fourth-order valence-corrected chi connectivity index (χ4v) is 3.72. The second kappa shape index (κ2) is 5.97. The van der Waals surface area contributed by atoms with Gasteiger partial charge in [-0.3, -0.25) is 0 Å². The summed E-state index contributed by atoms with van der Waals surface area (Å²) in [4.78, 5) is 0. The zero-order chi connectivity index (χ0) is 13.9. The highest BCUT2D eigenvalue weighted by Crippen LogP contribution is 2.28. The Morgan fingerprint density at radius 2 is 1.60 bits per heavy atom. The maximum Gasteiger partial charge on any atom is 0.0208 e. The summed E-state index contributed by atoms with van der Waals surface area (Å²) in [5, 5.41) is 6.44. The molecule has 20 heavy (non-hydrogen) atoms. The average molecular weight is 267 g/mol. The van der Waals surface area contributed by atoms with Crippen molar-refractivity contribution in [3.05, 3.63) is 48.0 Å². The lowest BCUT2D eigenvalue weighted by Crippen LogP contribution is -2.35. The lowest BCUT2D eigenvalue weighted by molar-refractivity contribution is 0.238. The maximum atomic E-state index is 3.76. The number of hydrogen-bond acceptors (Lipinski definition) is 1. The Bertz CT molecular complexity index is 565. The van der Waals surface area contributed by atoms with E-state index in [0.29, 0.717) is 6.04 Å². The first kappa shape index (κ1) is 13.6. The largest absolute Gasteiger partial charge is 0.310 e. The van der Waals surface area contributed by atoms with E-state index in [1.807, 2.05) is 0 Å². The molecule has 0 heterocycles. The highest BCUT2D eigenvalue weighted by atomic mass is 14.9. The van der Waals surface area contributed by atoms with Gasteiger partial charge in [-0.15, -0.1) is 0 Å². The Kier molecular flexibility index (Phi) is 4.07. The Hall–Kier alpha value is -1.34. The van der Waals surface area contributed by atoms with Crippen molar-refractivity contribution in [2.24, 2.45) is 11.8 Å². The first-order valence-corrected chi connectivity index (χ1v) is 7.92. The third kappa shape index (κ3) is 3.21. The Labute approximate surface area is 122 Å². The van der Waals surface area contributed by atoms with E-state index in [0.717, 1.165) is 18.4 Å². The van der Waals surface area contributed by atoms with Crippen molar-refractivity contribution in [2.45, 2.75) is 45.7 Å². The minimum absolute atomic E-state index is 0.695. The zero-order valence-corrected chi connectivity index (χ0v) is 12.6. The molecule has 2 unspecified atom stereocenters. The summed E-state index contributed by atoms with van der Waals surface area (Å²) >= 11 is 0. The summed E-state index contributed by atoms with van der Waals surface area (Å²) < 4.78 is 0. The van der Waals surface area contributed by atoms with Crippen LogP contribution in [0.3, 0.4) is 0 Å². The third-order valence-electron chi connectivity index (χ3n) is 4.59. The van der Waals surface area contributed by atoms with E-state index in [1.54, 1.807) is 0 Å². The van der Waals surface area contributed by atoms with Crippen molar-refractivity contribution < 1.29 is 0 Å². The van der Waals surface area contributed by atoms with Crippen molar-refractivity contribution in [1.82, 2.24) is 5.32 Å². The molecule has 3 rings (SSSR count). The quantitative estimate of drug-likeness (QED) is 0.846. The number of rotatable bonds is 3. The van der Waals surface area contributed by atoms with Gasteiger partial charge >= 0.3 is 0 Å². The van der Waals surface area contributed by atoms with Gasteiger partial charge in [0.15, 0.2) is 0 Å². The molecule has 2 aromatic carbocycles. The van der Waals surface area contributed by atoms with E-state index in [2.05, 4.69) is 61.6 Å². The monoisotopic (exact) mass is 267 g/mol. The van der Waals surface area contributed by atoms with Gasteiger partial charge in [0.25, 0.3) is 0 Å². The molecular formula is C19H25N. The van der Waals surface area contributed by atoms with Gasteiger partial charge in [-0.25, -0.2) is 0 Å². The molecule has 1 aliphatic rings. The van der Waals surface area contributed by atoms with Crippen LogP contribution in [0.4, 0.5) is 0 Å². The Morgan fingerprint density at radius 1 is 0.900 bits per heavy atom.